The highest BCUT2D eigenvalue weighted by molar-refractivity contribution is 5.67. The van der Waals surface area contributed by atoms with Crippen LogP contribution in [0.3, 0.4) is 0 Å². The van der Waals surface area contributed by atoms with Crippen LogP contribution in [0.25, 0.3) is 5.52 Å². The van der Waals surface area contributed by atoms with Crippen molar-refractivity contribution in [3.8, 4) is 0 Å². The molecule has 0 unspecified atom stereocenters. The van der Waals surface area contributed by atoms with Crippen molar-refractivity contribution < 1.29 is 0 Å². The molecule has 0 amide bonds. The number of hydrogen-bond acceptors (Lipinski definition) is 4. The lowest BCUT2D eigenvalue weighted by atomic mass is 10.1. The minimum atomic E-state index is 0.150. The van der Waals surface area contributed by atoms with E-state index in [1.54, 1.807) is 12.4 Å². The summed E-state index contributed by atoms with van der Waals surface area (Å²) >= 11 is 0. The summed E-state index contributed by atoms with van der Waals surface area (Å²) in [4.78, 5) is 6.58. The number of likely N-dealkylation sites (N-methyl/N-ethyl adjacent to an activating group) is 1. The molecule has 0 spiro atoms. The molecule has 98 valence electrons. The van der Waals surface area contributed by atoms with Crippen molar-refractivity contribution in [2.45, 2.75) is 26.3 Å². The molecule has 0 aromatic carbocycles. The molecule has 2 heterocycles. The largest absolute Gasteiger partial charge is 0.357 e. The minimum Gasteiger partial charge on any atom is -0.357 e. The summed E-state index contributed by atoms with van der Waals surface area (Å²) in [5, 5.41) is 7.69. The van der Waals surface area contributed by atoms with Gasteiger partial charge in [0.15, 0.2) is 5.82 Å². The Labute approximate surface area is 108 Å². The fraction of sp³-hybridized carbons (Fsp3) is 0.538. The van der Waals surface area contributed by atoms with Crippen LogP contribution in [0, 0.1) is 0 Å². The zero-order valence-corrected chi connectivity index (χ0v) is 11.5. The van der Waals surface area contributed by atoms with E-state index in [1.165, 1.54) is 0 Å². The lowest BCUT2D eigenvalue weighted by Crippen LogP contribution is -2.40. The van der Waals surface area contributed by atoms with Crippen LogP contribution in [0.5, 0.6) is 0 Å². The van der Waals surface area contributed by atoms with Gasteiger partial charge in [-0.3, -0.25) is 0 Å². The average Bonchev–Trinajstić information content (AvgIpc) is 2.74. The summed E-state index contributed by atoms with van der Waals surface area (Å²) in [7, 11) is 2.06. The molecule has 2 rings (SSSR count). The molecule has 5 heteroatoms. The SMILES string of the molecule is CN(CCNC(C)(C)C)c1nccn2nccc12. The van der Waals surface area contributed by atoms with Gasteiger partial charge in [0.05, 0.1) is 6.20 Å². The van der Waals surface area contributed by atoms with E-state index in [1.807, 2.05) is 16.8 Å². The smallest absolute Gasteiger partial charge is 0.154 e. The lowest BCUT2D eigenvalue weighted by molar-refractivity contribution is 0.430. The number of anilines is 1. The van der Waals surface area contributed by atoms with Gasteiger partial charge in [-0.25, -0.2) is 9.50 Å². The standard InChI is InChI=1S/C13H21N5/c1-13(2,3)15-8-9-17(4)12-11-5-6-16-18(11)10-7-14-12/h5-7,10,15H,8-9H2,1-4H3. The van der Waals surface area contributed by atoms with Crippen LogP contribution in [0.15, 0.2) is 24.7 Å². The minimum absolute atomic E-state index is 0.150. The Morgan fingerprint density at radius 2 is 2.11 bits per heavy atom. The molecule has 2 aromatic rings. The first-order valence-electron chi connectivity index (χ1n) is 6.22. The van der Waals surface area contributed by atoms with Crippen LogP contribution >= 0.6 is 0 Å². The van der Waals surface area contributed by atoms with Crippen LogP contribution < -0.4 is 10.2 Å². The van der Waals surface area contributed by atoms with Gasteiger partial charge in [-0.15, -0.1) is 0 Å². The molecule has 1 N–H and O–H groups in total. The second-order valence-corrected chi connectivity index (χ2v) is 5.51. The highest BCUT2D eigenvalue weighted by Gasteiger charge is 2.11. The second kappa shape index (κ2) is 4.94. The molecule has 0 atom stereocenters. The molecule has 0 aliphatic rings. The van der Waals surface area contributed by atoms with Crippen molar-refractivity contribution in [3.05, 3.63) is 24.7 Å². The summed E-state index contributed by atoms with van der Waals surface area (Å²) in [6.45, 7) is 8.35. The van der Waals surface area contributed by atoms with Crippen molar-refractivity contribution in [1.82, 2.24) is 19.9 Å². The van der Waals surface area contributed by atoms with Crippen LogP contribution in [-0.4, -0.2) is 40.3 Å². The summed E-state index contributed by atoms with van der Waals surface area (Å²) in [6.07, 6.45) is 5.44. The first-order valence-corrected chi connectivity index (χ1v) is 6.22. The van der Waals surface area contributed by atoms with Crippen molar-refractivity contribution in [2.24, 2.45) is 0 Å². The molecule has 0 aliphatic heterocycles. The zero-order valence-electron chi connectivity index (χ0n) is 11.5. The fourth-order valence-electron chi connectivity index (χ4n) is 1.84. The highest BCUT2D eigenvalue weighted by atomic mass is 15.3. The van der Waals surface area contributed by atoms with Gasteiger partial charge in [-0.1, -0.05) is 0 Å². The number of nitrogens with zero attached hydrogens (tertiary/aromatic N) is 4. The Hall–Kier alpha value is -1.62. The Kier molecular flexibility index (Phi) is 3.52. The van der Waals surface area contributed by atoms with E-state index >= 15 is 0 Å². The van der Waals surface area contributed by atoms with Gasteiger partial charge in [0.2, 0.25) is 0 Å². The summed E-state index contributed by atoms with van der Waals surface area (Å²) < 4.78 is 1.84. The first-order chi connectivity index (χ1) is 8.47. The van der Waals surface area contributed by atoms with E-state index in [9.17, 15) is 0 Å². The van der Waals surface area contributed by atoms with E-state index < -0.39 is 0 Å². The maximum absolute atomic E-state index is 4.43. The zero-order chi connectivity index (χ0) is 13.2. The van der Waals surface area contributed by atoms with Crippen LogP contribution in [-0.2, 0) is 0 Å². The van der Waals surface area contributed by atoms with E-state index in [4.69, 9.17) is 0 Å². The van der Waals surface area contributed by atoms with E-state index in [2.05, 4.69) is 48.1 Å². The summed E-state index contributed by atoms with van der Waals surface area (Å²) in [5.41, 5.74) is 1.19. The molecule has 5 nitrogen and oxygen atoms in total. The second-order valence-electron chi connectivity index (χ2n) is 5.51. The number of nitrogens with one attached hydrogen (secondary N) is 1. The molecule has 0 saturated carbocycles. The topological polar surface area (TPSA) is 45.5 Å². The Morgan fingerprint density at radius 3 is 2.83 bits per heavy atom. The molecular weight excluding hydrogens is 226 g/mol. The molecule has 0 fully saturated rings. The molecule has 0 bridgehead atoms. The predicted molar refractivity (Wildman–Crippen MR) is 74.0 cm³/mol. The van der Waals surface area contributed by atoms with E-state index in [-0.39, 0.29) is 5.54 Å². The summed E-state index contributed by atoms with van der Waals surface area (Å²) in [6, 6.07) is 1.98. The Morgan fingerprint density at radius 1 is 1.33 bits per heavy atom. The van der Waals surface area contributed by atoms with E-state index in [0.29, 0.717) is 0 Å². The van der Waals surface area contributed by atoms with Gasteiger partial charge < -0.3 is 10.2 Å². The van der Waals surface area contributed by atoms with Crippen LogP contribution in [0.1, 0.15) is 20.8 Å². The van der Waals surface area contributed by atoms with Gasteiger partial charge in [0.1, 0.15) is 5.52 Å². The van der Waals surface area contributed by atoms with Gasteiger partial charge in [-0.2, -0.15) is 5.10 Å². The molecule has 0 radical (unpaired) electrons. The predicted octanol–water partition coefficient (Wildman–Crippen LogP) is 1.55. The molecule has 2 aromatic heterocycles. The molecular formula is C13H21N5. The third-order valence-corrected chi connectivity index (χ3v) is 2.77. The van der Waals surface area contributed by atoms with Crippen LogP contribution in [0.2, 0.25) is 0 Å². The first kappa shape index (κ1) is 12.8. The lowest BCUT2D eigenvalue weighted by Gasteiger charge is -2.24. The van der Waals surface area contributed by atoms with Gasteiger partial charge in [0.25, 0.3) is 0 Å². The summed E-state index contributed by atoms with van der Waals surface area (Å²) in [5.74, 6) is 0.964. The van der Waals surface area contributed by atoms with Gasteiger partial charge in [-0.05, 0) is 26.8 Å². The molecule has 0 aliphatic carbocycles. The monoisotopic (exact) mass is 247 g/mol. The third-order valence-electron chi connectivity index (χ3n) is 2.77. The number of hydrogen-bond donors (Lipinski definition) is 1. The number of fused-ring (bicyclic) bond motifs is 1. The van der Waals surface area contributed by atoms with Crippen molar-refractivity contribution in [2.75, 3.05) is 25.0 Å². The quantitative estimate of drug-likeness (QED) is 0.890. The maximum atomic E-state index is 4.43. The molecule has 18 heavy (non-hydrogen) atoms. The van der Waals surface area contributed by atoms with Crippen molar-refractivity contribution in [1.29, 1.82) is 0 Å². The normalized spacial score (nSPS) is 12.0. The highest BCUT2D eigenvalue weighted by Crippen LogP contribution is 2.15. The van der Waals surface area contributed by atoms with Crippen molar-refractivity contribution >= 4 is 11.3 Å². The van der Waals surface area contributed by atoms with Gasteiger partial charge >= 0.3 is 0 Å². The Bertz CT molecular complexity index is 511. The van der Waals surface area contributed by atoms with Gasteiger partial charge in [0, 0.05) is 38.1 Å². The third kappa shape index (κ3) is 2.98. The molecule has 0 saturated heterocycles. The van der Waals surface area contributed by atoms with Crippen LogP contribution in [0.4, 0.5) is 5.82 Å². The fourth-order valence-corrected chi connectivity index (χ4v) is 1.84. The number of rotatable bonds is 4. The van der Waals surface area contributed by atoms with E-state index in [0.717, 1.165) is 24.4 Å². The Balaban J connectivity index is 2.05. The number of aromatic nitrogens is 3. The van der Waals surface area contributed by atoms with Crippen molar-refractivity contribution in [3.63, 3.8) is 0 Å². The average molecular weight is 247 g/mol. The maximum Gasteiger partial charge on any atom is 0.154 e.